The zero-order valence-electron chi connectivity index (χ0n) is 12.6. The molecule has 1 aromatic heterocycles. The number of rotatable bonds is 4. The van der Waals surface area contributed by atoms with Gasteiger partial charge in [-0.1, -0.05) is 20.8 Å². The number of nitrogens with zero attached hydrogens (tertiary/aromatic N) is 2. The molecule has 2 rings (SSSR count). The summed E-state index contributed by atoms with van der Waals surface area (Å²) in [6, 6.07) is 2.90. The van der Waals surface area contributed by atoms with Crippen molar-refractivity contribution < 1.29 is 9.50 Å². The molecule has 4 heteroatoms. The normalized spacial score (nSPS) is 22.1. The molecule has 1 fully saturated rings. The second-order valence-corrected chi connectivity index (χ2v) is 6.86. The maximum Gasteiger partial charge on any atom is 0.141 e. The molecule has 0 spiro atoms. The van der Waals surface area contributed by atoms with E-state index in [1.165, 1.54) is 12.5 Å². The lowest BCUT2D eigenvalue weighted by molar-refractivity contribution is 0.140. The molecule has 0 bridgehead atoms. The van der Waals surface area contributed by atoms with Gasteiger partial charge in [0.25, 0.3) is 0 Å². The molecule has 0 aromatic carbocycles. The largest absolute Gasteiger partial charge is 0.387 e. The smallest absolute Gasteiger partial charge is 0.141 e. The van der Waals surface area contributed by atoms with Gasteiger partial charge in [-0.2, -0.15) is 0 Å². The summed E-state index contributed by atoms with van der Waals surface area (Å²) < 4.78 is 12.8. The molecule has 2 atom stereocenters. The molecule has 3 nitrogen and oxygen atoms in total. The minimum Gasteiger partial charge on any atom is -0.387 e. The molecule has 0 amide bonds. The number of aliphatic hydroxyl groups is 1. The van der Waals surface area contributed by atoms with E-state index in [0.29, 0.717) is 17.5 Å². The Labute approximate surface area is 120 Å². The van der Waals surface area contributed by atoms with Crippen LogP contribution in [0, 0.1) is 17.2 Å². The predicted octanol–water partition coefficient (Wildman–Crippen LogP) is 3.01. The van der Waals surface area contributed by atoms with Gasteiger partial charge in [-0.25, -0.2) is 4.39 Å². The van der Waals surface area contributed by atoms with Crippen molar-refractivity contribution in [3.05, 3.63) is 29.8 Å². The molecule has 2 unspecified atom stereocenters. The van der Waals surface area contributed by atoms with Gasteiger partial charge < -0.3 is 10.0 Å². The Balaban J connectivity index is 1.80. The molecule has 1 saturated heterocycles. The SMILES string of the molecule is CC(C)(C)C1CCN(CCC(O)c2ccc(F)cn2)C1. The van der Waals surface area contributed by atoms with Gasteiger partial charge in [0.2, 0.25) is 0 Å². The maximum absolute atomic E-state index is 12.8. The van der Waals surface area contributed by atoms with Gasteiger partial charge in [0.15, 0.2) is 0 Å². The molecular weight excluding hydrogens is 255 g/mol. The topological polar surface area (TPSA) is 36.4 Å². The van der Waals surface area contributed by atoms with Crippen molar-refractivity contribution in [2.45, 2.75) is 39.7 Å². The molecule has 1 aliphatic heterocycles. The zero-order chi connectivity index (χ0) is 14.8. The summed E-state index contributed by atoms with van der Waals surface area (Å²) in [4.78, 5) is 6.34. The van der Waals surface area contributed by atoms with E-state index in [9.17, 15) is 9.50 Å². The van der Waals surface area contributed by atoms with E-state index in [1.807, 2.05) is 0 Å². The van der Waals surface area contributed by atoms with Crippen LogP contribution in [0.5, 0.6) is 0 Å². The summed E-state index contributed by atoms with van der Waals surface area (Å²) >= 11 is 0. The molecule has 1 aliphatic rings. The molecule has 1 aromatic rings. The molecule has 112 valence electrons. The Bertz CT molecular complexity index is 427. The highest BCUT2D eigenvalue weighted by atomic mass is 19.1. The van der Waals surface area contributed by atoms with Crippen molar-refractivity contribution in [3.8, 4) is 0 Å². The summed E-state index contributed by atoms with van der Waals surface area (Å²) in [6.45, 7) is 9.95. The molecule has 0 saturated carbocycles. The van der Waals surface area contributed by atoms with E-state index in [2.05, 4.69) is 30.7 Å². The van der Waals surface area contributed by atoms with Crippen LogP contribution >= 0.6 is 0 Å². The highest BCUT2D eigenvalue weighted by Gasteiger charge is 2.31. The molecule has 20 heavy (non-hydrogen) atoms. The van der Waals surface area contributed by atoms with Gasteiger partial charge in [0.05, 0.1) is 18.0 Å². The van der Waals surface area contributed by atoms with Gasteiger partial charge in [0, 0.05) is 13.1 Å². The molecule has 1 N–H and O–H groups in total. The van der Waals surface area contributed by atoms with Gasteiger partial charge >= 0.3 is 0 Å². The Hall–Kier alpha value is -1.00. The fourth-order valence-electron chi connectivity index (χ4n) is 2.78. The van der Waals surface area contributed by atoms with E-state index in [-0.39, 0.29) is 5.82 Å². The van der Waals surface area contributed by atoms with Gasteiger partial charge in [0.1, 0.15) is 5.82 Å². The van der Waals surface area contributed by atoms with Crippen LogP contribution in [0.3, 0.4) is 0 Å². The lowest BCUT2D eigenvalue weighted by Gasteiger charge is -2.27. The van der Waals surface area contributed by atoms with Crippen LogP contribution in [0.4, 0.5) is 4.39 Å². The van der Waals surface area contributed by atoms with Crippen molar-refractivity contribution in [2.24, 2.45) is 11.3 Å². The Morgan fingerprint density at radius 1 is 1.45 bits per heavy atom. The highest BCUT2D eigenvalue weighted by Crippen LogP contribution is 2.33. The second kappa shape index (κ2) is 6.19. The summed E-state index contributed by atoms with van der Waals surface area (Å²) in [5.41, 5.74) is 0.907. The average Bonchev–Trinajstić information content (AvgIpc) is 2.85. The van der Waals surface area contributed by atoms with Gasteiger partial charge in [-0.3, -0.25) is 4.98 Å². The van der Waals surface area contributed by atoms with Gasteiger partial charge in [-0.15, -0.1) is 0 Å². The van der Waals surface area contributed by atoms with Crippen molar-refractivity contribution in [1.29, 1.82) is 0 Å². The molecule has 0 radical (unpaired) electrons. The number of hydrogen-bond acceptors (Lipinski definition) is 3. The van der Waals surface area contributed by atoms with Crippen molar-refractivity contribution in [1.82, 2.24) is 9.88 Å². The van der Waals surface area contributed by atoms with E-state index in [1.54, 1.807) is 6.07 Å². The minimum atomic E-state index is -0.607. The number of pyridine rings is 1. The average molecular weight is 280 g/mol. The maximum atomic E-state index is 12.8. The Morgan fingerprint density at radius 2 is 2.20 bits per heavy atom. The summed E-state index contributed by atoms with van der Waals surface area (Å²) in [7, 11) is 0. The number of aliphatic hydroxyl groups excluding tert-OH is 1. The zero-order valence-corrected chi connectivity index (χ0v) is 12.6. The third-order valence-corrected chi connectivity index (χ3v) is 4.31. The van der Waals surface area contributed by atoms with Crippen LogP contribution in [0.25, 0.3) is 0 Å². The Morgan fingerprint density at radius 3 is 2.75 bits per heavy atom. The van der Waals surface area contributed by atoms with Gasteiger partial charge in [-0.05, 0) is 42.9 Å². The first-order chi connectivity index (χ1) is 9.36. The number of aromatic nitrogens is 1. The summed E-state index contributed by atoms with van der Waals surface area (Å²) in [6.07, 6.45) is 2.43. The van der Waals surface area contributed by atoms with Crippen LogP contribution in [0.2, 0.25) is 0 Å². The monoisotopic (exact) mass is 280 g/mol. The van der Waals surface area contributed by atoms with Crippen LogP contribution in [-0.4, -0.2) is 34.6 Å². The van der Waals surface area contributed by atoms with E-state index >= 15 is 0 Å². The number of halogens is 1. The third-order valence-electron chi connectivity index (χ3n) is 4.31. The predicted molar refractivity (Wildman–Crippen MR) is 77.8 cm³/mol. The number of hydrogen-bond donors (Lipinski definition) is 1. The second-order valence-electron chi connectivity index (χ2n) is 6.86. The lowest BCUT2D eigenvalue weighted by atomic mass is 9.80. The molecular formula is C16H25FN2O. The van der Waals surface area contributed by atoms with E-state index < -0.39 is 6.10 Å². The molecule has 0 aliphatic carbocycles. The minimum absolute atomic E-state index is 0.353. The van der Waals surface area contributed by atoms with E-state index in [0.717, 1.165) is 31.7 Å². The molecule has 2 heterocycles. The first-order valence-corrected chi connectivity index (χ1v) is 7.38. The third kappa shape index (κ3) is 4.00. The van der Waals surface area contributed by atoms with Crippen molar-refractivity contribution in [3.63, 3.8) is 0 Å². The summed E-state index contributed by atoms with van der Waals surface area (Å²) in [5.74, 6) is 0.358. The van der Waals surface area contributed by atoms with Crippen LogP contribution in [0.15, 0.2) is 18.3 Å². The first kappa shape index (κ1) is 15.4. The summed E-state index contributed by atoms with van der Waals surface area (Å²) in [5, 5.41) is 10.1. The van der Waals surface area contributed by atoms with Crippen LogP contribution in [0.1, 0.15) is 45.4 Å². The lowest BCUT2D eigenvalue weighted by Crippen LogP contribution is -2.27. The number of likely N-dealkylation sites (tertiary alicyclic amines) is 1. The fourth-order valence-corrected chi connectivity index (χ4v) is 2.78. The van der Waals surface area contributed by atoms with E-state index in [4.69, 9.17) is 0 Å². The highest BCUT2D eigenvalue weighted by molar-refractivity contribution is 5.08. The first-order valence-electron chi connectivity index (χ1n) is 7.38. The van der Waals surface area contributed by atoms with Crippen molar-refractivity contribution in [2.75, 3.05) is 19.6 Å². The van der Waals surface area contributed by atoms with Crippen LogP contribution < -0.4 is 0 Å². The Kier molecular flexibility index (Phi) is 4.76. The fraction of sp³-hybridized carbons (Fsp3) is 0.688. The quantitative estimate of drug-likeness (QED) is 0.921. The van der Waals surface area contributed by atoms with Crippen molar-refractivity contribution >= 4 is 0 Å². The van der Waals surface area contributed by atoms with Crippen LogP contribution in [-0.2, 0) is 0 Å². The standard InChI is InChI=1S/C16H25FN2O/c1-16(2,3)12-6-8-19(11-12)9-7-15(20)14-5-4-13(17)10-18-14/h4-5,10,12,15,20H,6-9,11H2,1-3H3.